The highest BCUT2D eigenvalue weighted by Crippen LogP contribution is 2.40. The number of hydrogen-bond acceptors (Lipinski definition) is 3. The van der Waals surface area contributed by atoms with Gasteiger partial charge in [-0.1, -0.05) is 30.3 Å². The summed E-state index contributed by atoms with van der Waals surface area (Å²) in [7, 11) is 3.94. The Morgan fingerprint density at radius 3 is 2.56 bits per heavy atom. The first-order valence-corrected chi connectivity index (χ1v) is 8.61. The molecule has 0 bridgehead atoms. The van der Waals surface area contributed by atoms with Gasteiger partial charge in [-0.15, -0.1) is 0 Å². The first kappa shape index (κ1) is 15.6. The third-order valence-electron chi connectivity index (χ3n) is 4.61. The van der Waals surface area contributed by atoms with Gasteiger partial charge >= 0.3 is 0 Å². The Labute approximate surface area is 147 Å². The molecular formula is C21H21N3O. The van der Waals surface area contributed by atoms with Gasteiger partial charge in [0, 0.05) is 31.1 Å². The van der Waals surface area contributed by atoms with Crippen LogP contribution in [0.15, 0.2) is 54.6 Å². The van der Waals surface area contributed by atoms with Crippen molar-refractivity contribution in [3.05, 3.63) is 65.9 Å². The molecule has 1 aromatic heterocycles. The summed E-state index contributed by atoms with van der Waals surface area (Å²) in [4.78, 5) is 19.8. The molecule has 2 aromatic carbocycles. The zero-order chi connectivity index (χ0) is 17.4. The summed E-state index contributed by atoms with van der Waals surface area (Å²) in [5.41, 5.74) is 4.41. The maximum atomic E-state index is 13.0. The normalized spacial score (nSPS) is 13.7. The minimum Gasteiger partial charge on any atom is -0.376 e. The number of aromatic nitrogens is 1. The van der Waals surface area contributed by atoms with E-state index in [0.29, 0.717) is 11.5 Å². The Kier molecular flexibility index (Phi) is 3.88. The van der Waals surface area contributed by atoms with Crippen LogP contribution < -0.4 is 10.2 Å². The Hall–Kier alpha value is -2.88. The first-order chi connectivity index (χ1) is 12.1. The van der Waals surface area contributed by atoms with Gasteiger partial charge in [0.15, 0.2) is 0 Å². The molecular weight excluding hydrogens is 310 g/mol. The molecule has 0 saturated heterocycles. The Morgan fingerprint density at radius 2 is 1.80 bits per heavy atom. The molecule has 126 valence electrons. The highest BCUT2D eigenvalue weighted by Gasteiger charge is 2.27. The maximum absolute atomic E-state index is 13.0. The van der Waals surface area contributed by atoms with Gasteiger partial charge in [0.1, 0.15) is 0 Å². The smallest absolute Gasteiger partial charge is 0.256 e. The van der Waals surface area contributed by atoms with E-state index in [-0.39, 0.29) is 5.91 Å². The van der Waals surface area contributed by atoms with Gasteiger partial charge in [-0.3, -0.25) is 9.78 Å². The zero-order valence-electron chi connectivity index (χ0n) is 14.5. The second kappa shape index (κ2) is 6.20. The molecule has 4 rings (SSSR count). The molecule has 1 heterocycles. The standard InChI is InChI=1S/C21H21N3O/c1-24(2)20-10-6-5-9-18(20)23-21(25)16-13-19(14-11-12-14)22-17-8-4-3-7-15(16)17/h3-10,13-14H,11-12H2,1-2H3,(H,23,25). The van der Waals surface area contributed by atoms with Crippen molar-refractivity contribution in [3.8, 4) is 0 Å². The van der Waals surface area contributed by atoms with Crippen molar-refractivity contribution in [1.82, 2.24) is 4.98 Å². The SMILES string of the molecule is CN(C)c1ccccc1NC(=O)c1cc(C2CC2)nc2ccccc12. The summed E-state index contributed by atoms with van der Waals surface area (Å²) in [6.07, 6.45) is 2.33. The number of para-hydroxylation sites is 3. The predicted molar refractivity (Wildman–Crippen MR) is 102 cm³/mol. The van der Waals surface area contributed by atoms with Gasteiger partial charge in [-0.2, -0.15) is 0 Å². The van der Waals surface area contributed by atoms with Crippen molar-refractivity contribution in [2.45, 2.75) is 18.8 Å². The number of pyridine rings is 1. The van der Waals surface area contributed by atoms with Crippen molar-refractivity contribution < 1.29 is 4.79 Å². The Bertz CT molecular complexity index is 945. The molecule has 1 fully saturated rings. The molecule has 1 amide bonds. The van der Waals surface area contributed by atoms with Gasteiger partial charge in [0.05, 0.1) is 22.5 Å². The van der Waals surface area contributed by atoms with Crippen molar-refractivity contribution in [2.24, 2.45) is 0 Å². The van der Waals surface area contributed by atoms with E-state index in [4.69, 9.17) is 4.98 Å². The fourth-order valence-electron chi connectivity index (χ4n) is 3.13. The Balaban J connectivity index is 1.75. The van der Waals surface area contributed by atoms with E-state index >= 15 is 0 Å². The molecule has 1 saturated carbocycles. The number of rotatable bonds is 4. The molecule has 1 N–H and O–H groups in total. The van der Waals surface area contributed by atoms with Crippen LogP contribution in [0.2, 0.25) is 0 Å². The summed E-state index contributed by atoms with van der Waals surface area (Å²) < 4.78 is 0. The summed E-state index contributed by atoms with van der Waals surface area (Å²) in [6.45, 7) is 0. The van der Waals surface area contributed by atoms with Crippen LogP contribution >= 0.6 is 0 Å². The van der Waals surface area contributed by atoms with E-state index in [1.165, 1.54) is 0 Å². The number of nitrogens with zero attached hydrogens (tertiary/aromatic N) is 2. The van der Waals surface area contributed by atoms with Crippen molar-refractivity contribution in [3.63, 3.8) is 0 Å². The molecule has 1 aliphatic carbocycles. The second-order valence-electron chi connectivity index (χ2n) is 6.75. The van der Waals surface area contributed by atoms with Crippen LogP contribution in [0.3, 0.4) is 0 Å². The molecule has 0 atom stereocenters. The lowest BCUT2D eigenvalue weighted by Gasteiger charge is -2.18. The number of nitrogens with one attached hydrogen (secondary N) is 1. The third kappa shape index (κ3) is 3.07. The lowest BCUT2D eigenvalue weighted by molar-refractivity contribution is 0.102. The number of carbonyl (C=O) groups is 1. The van der Waals surface area contributed by atoms with Gasteiger partial charge in [0.25, 0.3) is 5.91 Å². The van der Waals surface area contributed by atoms with Crippen LogP contribution in [-0.4, -0.2) is 25.0 Å². The lowest BCUT2D eigenvalue weighted by atomic mass is 10.0. The van der Waals surface area contributed by atoms with Crippen LogP contribution in [0.5, 0.6) is 0 Å². The summed E-state index contributed by atoms with van der Waals surface area (Å²) in [6, 6.07) is 17.7. The minimum atomic E-state index is -0.0881. The topological polar surface area (TPSA) is 45.2 Å². The van der Waals surface area contributed by atoms with Crippen LogP contribution in [0.25, 0.3) is 10.9 Å². The van der Waals surface area contributed by atoms with Crippen LogP contribution in [0, 0.1) is 0 Å². The van der Waals surface area contributed by atoms with Crippen LogP contribution in [0.4, 0.5) is 11.4 Å². The quantitative estimate of drug-likeness (QED) is 0.769. The highest BCUT2D eigenvalue weighted by atomic mass is 16.1. The zero-order valence-corrected chi connectivity index (χ0v) is 14.5. The van der Waals surface area contributed by atoms with Gasteiger partial charge < -0.3 is 10.2 Å². The first-order valence-electron chi connectivity index (χ1n) is 8.61. The summed E-state index contributed by atoms with van der Waals surface area (Å²) in [5.74, 6) is 0.417. The number of benzene rings is 2. The molecule has 0 spiro atoms. The minimum absolute atomic E-state index is 0.0881. The molecule has 0 unspecified atom stereocenters. The molecule has 25 heavy (non-hydrogen) atoms. The molecule has 4 heteroatoms. The molecule has 3 aromatic rings. The van der Waals surface area contributed by atoms with Gasteiger partial charge in [0.2, 0.25) is 0 Å². The van der Waals surface area contributed by atoms with E-state index in [1.54, 1.807) is 0 Å². The summed E-state index contributed by atoms with van der Waals surface area (Å²) >= 11 is 0. The monoisotopic (exact) mass is 331 g/mol. The van der Waals surface area contributed by atoms with Gasteiger partial charge in [-0.25, -0.2) is 0 Å². The number of anilines is 2. The Morgan fingerprint density at radius 1 is 1.08 bits per heavy atom. The van der Waals surface area contributed by atoms with Crippen LogP contribution in [-0.2, 0) is 0 Å². The van der Waals surface area contributed by atoms with Crippen molar-refractivity contribution >= 4 is 28.2 Å². The fraction of sp³-hybridized carbons (Fsp3) is 0.238. The second-order valence-corrected chi connectivity index (χ2v) is 6.75. The van der Waals surface area contributed by atoms with Crippen molar-refractivity contribution in [2.75, 3.05) is 24.3 Å². The predicted octanol–water partition coefficient (Wildman–Crippen LogP) is 4.43. The van der Waals surface area contributed by atoms with E-state index in [9.17, 15) is 4.79 Å². The molecule has 0 aliphatic heterocycles. The highest BCUT2D eigenvalue weighted by molar-refractivity contribution is 6.13. The number of amides is 1. The van der Waals surface area contributed by atoms with Crippen molar-refractivity contribution in [1.29, 1.82) is 0 Å². The molecule has 4 nitrogen and oxygen atoms in total. The number of hydrogen-bond donors (Lipinski definition) is 1. The average molecular weight is 331 g/mol. The van der Waals surface area contributed by atoms with Gasteiger partial charge in [-0.05, 0) is 37.1 Å². The fourth-order valence-corrected chi connectivity index (χ4v) is 3.13. The lowest BCUT2D eigenvalue weighted by Crippen LogP contribution is -2.17. The molecule has 0 radical (unpaired) electrons. The molecule has 1 aliphatic rings. The number of carbonyl (C=O) groups excluding carboxylic acids is 1. The maximum Gasteiger partial charge on any atom is 0.256 e. The van der Waals surface area contributed by atoms with E-state index < -0.39 is 0 Å². The largest absolute Gasteiger partial charge is 0.376 e. The number of fused-ring (bicyclic) bond motifs is 1. The van der Waals surface area contributed by atoms with E-state index in [0.717, 1.165) is 40.8 Å². The third-order valence-corrected chi connectivity index (χ3v) is 4.61. The average Bonchev–Trinajstić information content (AvgIpc) is 3.46. The van der Waals surface area contributed by atoms with Crippen LogP contribution in [0.1, 0.15) is 34.8 Å². The van der Waals surface area contributed by atoms with E-state index in [2.05, 4.69) is 5.32 Å². The van der Waals surface area contributed by atoms with E-state index in [1.807, 2.05) is 73.6 Å². The summed E-state index contributed by atoms with van der Waals surface area (Å²) in [5, 5.41) is 3.97.